The van der Waals surface area contributed by atoms with E-state index in [0.29, 0.717) is 18.2 Å². The Morgan fingerprint density at radius 2 is 2.19 bits per heavy atom. The molecule has 0 spiro atoms. The summed E-state index contributed by atoms with van der Waals surface area (Å²) in [5, 5.41) is 0. The Balaban J connectivity index is 1.78. The van der Waals surface area contributed by atoms with Gasteiger partial charge >= 0.3 is 0 Å². The van der Waals surface area contributed by atoms with Gasteiger partial charge in [-0.15, -0.1) is 0 Å². The number of rotatable bonds is 4. The third-order valence-corrected chi connectivity index (χ3v) is 3.95. The fourth-order valence-corrected chi connectivity index (χ4v) is 3.07. The topological polar surface area (TPSA) is 38.5 Å². The third kappa shape index (κ3) is 3.19. The summed E-state index contributed by atoms with van der Waals surface area (Å²) in [5.74, 6) is 0. The summed E-state index contributed by atoms with van der Waals surface area (Å²) >= 11 is 0. The maximum atomic E-state index is 5.87. The summed E-state index contributed by atoms with van der Waals surface area (Å²) in [6.45, 7) is 5.37. The minimum atomic E-state index is 0.350. The number of nitrogens with two attached hydrogens (primary N) is 1. The average Bonchev–Trinajstić information content (AvgIpc) is 2.29. The van der Waals surface area contributed by atoms with Crippen LogP contribution in [0.4, 0.5) is 0 Å². The van der Waals surface area contributed by atoms with Crippen LogP contribution in [-0.4, -0.2) is 42.8 Å². The van der Waals surface area contributed by atoms with Crippen LogP contribution < -0.4 is 5.73 Å². The van der Waals surface area contributed by atoms with Crippen molar-refractivity contribution in [3.8, 4) is 0 Å². The molecule has 1 saturated carbocycles. The third-order valence-electron chi connectivity index (χ3n) is 3.95. The van der Waals surface area contributed by atoms with Crippen LogP contribution in [-0.2, 0) is 4.74 Å². The van der Waals surface area contributed by atoms with Crippen LogP contribution in [0.25, 0.3) is 0 Å². The Bertz CT molecular complexity index is 206. The zero-order chi connectivity index (χ0) is 11.4. The number of hydrogen-bond donors (Lipinski definition) is 1. The molecule has 1 aliphatic carbocycles. The van der Waals surface area contributed by atoms with Crippen molar-refractivity contribution < 1.29 is 4.74 Å². The summed E-state index contributed by atoms with van der Waals surface area (Å²) in [6.07, 6.45) is 8.26. The highest BCUT2D eigenvalue weighted by atomic mass is 16.5. The van der Waals surface area contributed by atoms with Crippen molar-refractivity contribution in [2.45, 2.75) is 63.6 Å². The van der Waals surface area contributed by atoms with Gasteiger partial charge in [0.2, 0.25) is 0 Å². The van der Waals surface area contributed by atoms with E-state index in [9.17, 15) is 0 Å². The van der Waals surface area contributed by atoms with E-state index in [0.717, 1.165) is 19.6 Å². The Morgan fingerprint density at radius 3 is 3.00 bits per heavy atom. The van der Waals surface area contributed by atoms with E-state index < -0.39 is 0 Å². The van der Waals surface area contributed by atoms with Gasteiger partial charge in [0.25, 0.3) is 0 Å². The number of fused-ring (bicyclic) bond motifs is 1. The lowest BCUT2D eigenvalue weighted by molar-refractivity contribution is -0.0882. The van der Waals surface area contributed by atoms with Gasteiger partial charge in [0.15, 0.2) is 0 Å². The summed E-state index contributed by atoms with van der Waals surface area (Å²) in [6, 6.07) is 1.05. The minimum Gasteiger partial charge on any atom is -0.375 e. The standard InChI is InChI=1S/C13H26N2O/c1-11(14)5-4-8-15-9-10-16-13-7-3-2-6-12(13)15/h11-13H,2-10,14H2,1H3. The molecule has 94 valence electrons. The van der Waals surface area contributed by atoms with E-state index in [2.05, 4.69) is 11.8 Å². The zero-order valence-electron chi connectivity index (χ0n) is 10.5. The average molecular weight is 226 g/mol. The van der Waals surface area contributed by atoms with Crippen LogP contribution in [0.15, 0.2) is 0 Å². The van der Waals surface area contributed by atoms with Crippen LogP contribution in [0.2, 0.25) is 0 Å². The van der Waals surface area contributed by atoms with Crippen molar-refractivity contribution in [2.24, 2.45) is 5.73 Å². The zero-order valence-corrected chi connectivity index (χ0v) is 10.5. The molecule has 0 radical (unpaired) electrons. The van der Waals surface area contributed by atoms with Crippen LogP contribution in [0.5, 0.6) is 0 Å². The monoisotopic (exact) mass is 226 g/mol. The Hall–Kier alpha value is -0.120. The molecule has 3 heteroatoms. The second kappa shape index (κ2) is 5.99. The van der Waals surface area contributed by atoms with Crippen molar-refractivity contribution in [2.75, 3.05) is 19.7 Å². The molecule has 2 rings (SSSR count). The van der Waals surface area contributed by atoms with Gasteiger partial charge in [-0.1, -0.05) is 12.8 Å². The predicted molar refractivity (Wildman–Crippen MR) is 66.5 cm³/mol. The molecular weight excluding hydrogens is 200 g/mol. The molecule has 1 aliphatic heterocycles. The van der Waals surface area contributed by atoms with Crippen molar-refractivity contribution in [3.63, 3.8) is 0 Å². The highest BCUT2D eigenvalue weighted by molar-refractivity contribution is 4.87. The lowest BCUT2D eigenvalue weighted by Gasteiger charge is -2.44. The van der Waals surface area contributed by atoms with E-state index in [-0.39, 0.29) is 0 Å². The summed E-state index contributed by atoms with van der Waals surface area (Å²) in [5.41, 5.74) is 5.80. The molecule has 1 saturated heterocycles. The summed E-state index contributed by atoms with van der Waals surface area (Å²) in [4.78, 5) is 2.65. The molecule has 3 unspecified atom stereocenters. The second-order valence-corrected chi connectivity index (χ2v) is 5.42. The summed E-state index contributed by atoms with van der Waals surface area (Å²) in [7, 11) is 0. The first kappa shape index (κ1) is 12.3. The van der Waals surface area contributed by atoms with E-state index in [1.165, 1.54) is 38.6 Å². The Morgan fingerprint density at radius 1 is 1.38 bits per heavy atom. The Kier molecular flexibility index (Phi) is 4.62. The number of hydrogen-bond acceptors (Lipinski definition) is 3. The lowest BCUT2D eigenvalue weighted by Crippen LogP contribution is -2.52. The van der Waals surface area contributed by atoms with Crippen LogP contribution >= 0.6 is 0 Å². The van der Waals surface area contributed by atoms with Gasteiger partial charge in [-0.3, -0.25) is 4.90 Å². The summed E-state index contributed by atoms with van der Waals surface area (Å²) < 4.78 is 5.87. The first-order valence-corrected chi connectivity index (χ1v) is 6.88. The molecule has 0 aromatic heterocycles. The minimum absolute atomic E-state index is 0.350. The Labute approximate surface area is 99.3 Å². The molecule has 1 heterocycles. The number of nitrogens with zero attached hydrogens (tertiary/aromatic N) is 1. The van der Waals surface area contributed by atoms with Crippen molar-refractivity contribution in [1.82, 2.24) is 4.90 Å². The molecule has 3 atom stereocenters. The lowest BCUT2D eigenvalue weighted by atomic mass is 9.90. The predicted octanol–water partition coefficient (Wildman–Crippen LogP) is 1.76. The largest absolute Gasteiger partial charge is 0.375 e. The van der Waals surface area contributed by atoms with Crippen molar-refractivity contribution in [1.29, 1.82) is 0 Å². The quantitative estimate of drug-likeness (QED) is 0.794. The van der Waals surface area contributed by atoms with Gasteiger partial charge in [0.05, 0.1) is 12.7 Å². The van der Waals surface area contributed by atoms with Crippen molar-refractivity contribution in [3.05, 3.63) is 0 Å². The first-order valence-electron chi connectivity index (χ1n) is 6.88. The highest BCUT2D eigenvalue weighted by Crippen LogP contribution is 2.28. The van der Waals surface area contributed by atoms with E-state index >= 15 is 0 Å². The van der Waals surface area contributed by atoms with Gasteiger partial charge < -0.3 is 10.5 Å². The highest BCUT2D eigenvalue weighted by Gasteiger charge is 2.33. The first-order chi connectivity index (χ1) is 7.77. The molecule has 0 aromatic rings. The van der Waals surface area contributed by atoms with E-state index in [1.807, 2.05) is 0 Å². The van der Waals surface area contributed by atoms with Crippen molar-refractivity contribution >= 4 is 0 Å². The van der Waals surface area contributed by atoms with Crippen LogP contribution in [0.1, 0.15) is 45.4 Å². The molecular formula is C13H26N2O. The van der Waals surface area contributed by atoms with Gasteiger partial charge in [-0.25, -0.2) is 0 Å². The number of morpholine rings is 1. The van der Waals surface area contributed by atoms with Gasteiger partial charge in [0.1, 0.15) is 0 Å². The molecule has 2 fully saturated rings. The smallest absolute Gasteiger partial charge is 0.0730 e. The van der Waals surface area contributed by atoms with E-state index in [4.69, 9.17) is 10.5 Å². The number of ether oxygens (including phenoxy) is 1. The molecule has 0 aromatic carbocycles. The molecule has 3 nitrogen and oxygen atoms in total. The maximum absolute atomic E-state index is 5.87. The second-order valence-electron chi connectivity index (χ2n) is 5.42. The van der Waals surface area contributed by atoms with Gasteiger partial charge in [-0.2, -0.15) is 0 Å². The maximum Gasteiger partial charge on any atom is 0.0730 e. The van der Waals surface area contributed by atoms with Crippen LogP contribution in [0.3, 0.4) is 0 Å². The fraction of sp³-hybridized carbons (Fsp3) is 1.00. The molecule has 16 heavy (non-hydrogen) atoms. The van der Waals surface area contributed by atoms with Gasteiger partial charge in [0, 0.05) is 18.6 Å². The molecule has 2 N–H and O–H groups in total. The molecule has 2 aliphatic rings. The van der Waals surface area contributed by atoms with Gasteiger partial charge in [-0.05, 0) is 39.2 Å². The van der Waals surface area contributed by atoms with Crippen LogP contribution in [0, 0.1) is 0 Å². The normalized spacial score (nSPS) is 33.4. The van der Waals surface area contributed by atoms with E-state index in [1.54, 1.807) is 0 Å². The molecule has 0 amide bonds. The SMILES string of the molecule is CC(N)CCCN1CCOC2CCCCC21. The fourth-order valence-electron chi connectivity index (χ4n) is 3.07. The molecule has 0 bridgehead atoms.